The van der Waals surface area contributed by atoms with Gasteiger partial charge < -0.3 is 19.7 Å². The Kier molecular flexibility index (Phi) is 7.69. The molecule has 4 fully saturated rings. The Morgan fingerprint density at radius 3 is 2.61 bits per heavy atom. The minimum absolute atomic E-state index is 0.0154. The van der Waals surface area contributed by atoms with E-state index in [1.54, 1.807) is 18.5 Å². The van der Waals surface area contributed by atoms with E-state index in [2.05, 4.69) is 11.9 Å². The molecule has 0 saturated heterocycles. The summed E-state index contributed by atoms with van der Waals surface area (Å²) >= 11 is 0. The minimum Gasteiger partial charge on any atom is -0.456 e. The molecular formula is C38H42FNO6. The fourth-order valence-electron chi connectivity index (χ4n) is 10.1. The van der Waals surface area contributed by atoms with Crippen LogP contribution in [0.25, 0.3) is 33.1 Å². The van der Waals surface area contributed by atoms with Crippen LogP contribution in [-0.2, 0) is 9.59 Å². The summed E-state index contributed by atoms with van der Waals surface area (Å²) in [6.45, 7) is 3.46. The first kappa shape index (κ1) is 31.2. The highest BCUT2D eigenvalue weighted by Crippen LogP contribution is 2.67. The van der Waals surface area contributed by atoms with Gasteiger partial charge >= 0.3 is 0 Å². The topological polar surface area (TPSA) is 121 Å². The van der Waals surface area contributed by atoms with Crippen LogP contribution in [0.5, 0.6) is 0 Å². The van der Waals surface area contributed by atoms with Gasteiger partial charge in [-0.2, -0.15) is 0 Å². The molecule has 0 radical (unpaired) electrons. The molecule has 0 aliphatic heterocycles. The van der Waals surface area contributed by atoms with Crippen molar-refractivity contribution in [3.05, 3.63) is 66.7 Å². The molecule has 2 aromatic carbocycles. The van der Waals surface area contributed by atoms with Crippen LogP contribution in [0.15, 0.2) is 65.3 Å². The van der Waals surface area contributed by atoms with Gasteiger partial charge in [-0.3, -0.25) is 14.6 Å². The molecule has 4 aliphatic carbocycles. The zero-order valence-corrected chi connectivity index (χ0v) is 26.4. The zero-order valence-electron chi connectivity index (χ0n) is 26.4. The van der Waals surface area contributed by atoms with Crippen molar-refractivity contribution in [2.24, 2.45) is 34.5 Å². The molecule has 2 heterocycles. The fraction of sp³-hybridized carbons (Fsp3) is 0.500. The third kappa shape index (κ3) is 4.75. The molecule has 0 unspecified atom stereocenters. The third-order valence-electron chi connectivity index (χ3n) is 12.5. The molecule has 4 saturated carbocycles. The normalized spacial score (nSPS) is 35.2. The van der Waals surface area contributed by atoms with Crippen LogP contribution in [0, 0.1) is 40.3 Å². The van der Waals surface area contributed by atoms with Crippen molar-refractivity contribution in [3.8, 4) is 11.3 Å². The standard InChI is InChI=1S/C21H32O5.C17H10FNO/c1-19-7-5-13(23)9-12(19)3-4-14-15-6-8-21(26,17(25)11-22)20(15,2)10-16(24)18(14)19;18-13-6-5-12-9-19-10-15(14(12)8-13)17-7-11-3-1-2-4-16(11)20-17/h12-15,18,22-23,26H,3-11H2,1-2H3;1-10H/t12-,13-,14+,15+,18-,19+,20+,21+;/m1./s1. The van der Waals surface area contributed by atoms with Crippen molar-refractivity contribution in [2.45, 2.75) is 76.9 Å². The zero-order chi connectivity index (χ0) is 32.4. The summed E-state index contributed by atoms with van der Waals surface area (Å²) in [5, 5.41) is 33.3. The lowest BCUT2D eigenvalue weighted by molar-refractivity contribution is -0.180. The number of hydrogen-bond donors (Lipinski definition) is 3. The van der Waals surface area contributed by atoms with Crippen LogP contribution in [0.1, 0.15) is 65.2 Å². The maximum absolute atomic E-state index is 13.5. The molecule has 0 amide bonds. The van der Waals surface area contributed by atoms with E-state index >= 15 is 0 Å². The number of fused-ring (bicyclic) bond motifs is 7. The van der Waals surface area contributed by atoms with Crippen LogP contribution in [0.4, 0.5) is 4.39 Å². The van der Waals surface area contributed by atoms with Crippen LogP contribution in [-0.4, -0.2) is 50.2 Å². The van der Waals surface area contributed by atoms with Crippen molar-refractivity contribution in [3.63, 3.8) is 0 Å². The predicted octanol–water partition coefficient (Wildman–Crippen LogP) is 6.65. The van der Waals surface area contributed by atoms with Gasteiger partial charge in [0.05, 0.1) is 6.10 Å². The van der Waals surface area contributed by atoms with Gasteiger partial charge in [0.25, 0.3) is 0 Å². The summed E-state index contributed by atoms with van der Waals surface area (Å²) < 4.78 is 19.3. The van der Waals surface area contributed by atoms with E-state index in [4.69, 9.17) is 4.42 Å². The number of benzene rings is 2. The molecule has 4 aliphatic rings. The monoisotopic (exact) mass is 627 g/mol. The highest BCUT2D eigenvalue weighted by atomic mass is 19.1. The van der Waals surface area contributed by atoms with Gasteiger partial charge in [0, 0.05) is 46.5 Å². The molecule has 2 aromatic heterocycles. The number of carbonyl (C=O) groups is 2. The number of halogens is 1. The fourth-order valence-corrected chi connectivity index (χ4v) is 10.1. The molecule has 4 aromatic rings. The van der Waals surface area contributed by atoms with Crippen molar-refractivity contribution in [2.75, 3.05) is 6.61 Å². The van der Waals surface area contributed by atoms with Crippen LogP contribution < -0.4 is 0 Å². The number of aliphatic hydroxyl groups excluding tert-OH is 2. The molecule has 8 atom stereocenters. The number of furan rings is 1. The van der Waals surface area contributed by atoms with Crippen LogP contribution in [0.2, 0.25) is 0 Å². The van der Waals surface area contributed by atoms with E-state index in [0.29, 0.717) is 18.1 Å². The largest absolute Gasteiger partial charge is 0.456 e. The Bertz CT molecular complexity index is 1790. The number of carbonyl (C=O) groups excluding carboxylic acids is 2. The van der Waals surface area contributed by atoms with Gasteiger partial charge in [-0.05, 0) is 104 Å². The number of pyridine rings is 1. The summed E-state index contributed by atoms with van der Waals surface area (Å²) in [6, 6.07) is 14.4. The lowest BCUT2D eigenvalue weighted by Gasteiger charge is -2.60. The van der Waals surface area contributed by atoms with Gasteiger partial charge in [0.1, 0.15) is 35.2 Å². The van der Waals surface area contributed by atoms with Gasteiger partial charge in [0.2, 0.25) is 0 Å². The molecule has 7 nitrogen and oxygen atoms in total. The van der Waals surface area contributed by atoms with E-state index in [0.717, 1.165) is 65.8 Å². The summed E-state index contributed by atoms with van der Waals surface area (Å²) in [5.74, 6) is 0.820. The van der Waals surface area contributed by atoms with Crippen molar-refractivity contribution in [1.29, 1.82) is 0 Å². The van der Waals surface area contributed by atoms with Crippen molar-refractivity contribution in [1.82, 2.24) is 4.98 Å². The number of hydrogen-bond acceptors (Lipinski definition) is 7. The number of aromatic nitrogens is 1. The summed E-state index contributed by atoms with van der Waals surface area (Å²) in [4.78, 5) is 29.9. The molecular weight excluding hydrogens is 585 g/mol. The average molecular weight is 628 g/mol. The second-order valence-electron chi connectivity index (χ2n) is 14.7. The second-order valence-corrected chi connectivity index (χ2v) is 14.7. The molecule has 3 N–H and O–H groups in total. The Morgan fingerprint density at radius 2 is 1.83 bits per heavy atom. The van der Waals surface area contributed by atoms with E-state index in [-0.39, 0.29) is 47.3 Å². The van der Waals surface area contributed by atoms with E-state index < -0.39 is 23.4 Å². The lowest BCUT2D eigenvalue weighted by atomic mass is 9.44. The number of ketones is 2. The highest BCUT2D eigenvalue weighted by molar-refractivity contribution is 5.97. The van der Waals surface area contributed by atoms with Crippen LogP contribution >= 0.6 is 0 Å². The first-order valence-corrected chi connectivity index (χ1v) is 16.6. The van der Waals surface area contributed by atoms with Crippen molar-refractivity contribution < 1.29 is 33.7 Å². The Hall–Kier alpha value is -3.46. The van der Waals surface area contributed by atoms with Gasteiger partial charge in [-0.1, -0.05) is 32.0 Å². The smallest absolute Gasteiger partial charge is 0.190 e. The summed E-state index contributed by atoms with van der Waals surface area (Å²) in [5.41, 5.74) is -0.785. The number of para-hydroxylation sites is 1. The number of nitrogens with zero attached hydrogens (tertiary/aromatic N) is 1. The van der Waals surface area contributed by atoms with E-state index in [1.807, 2.05) is 37.3 Å². The van der Waals surface area contributed by atoms with Gasteiger partial charge in [0.15, 0.2) is 5.78 Å². The predicted molar refractivity (Wildman–Crippen MR) is 172 cm³/mol. The molecule has 46 heavy (non-hydrogen) atoms. The third-order valence-corrected chi connectivity index (χ3v) is 12.5. The molecule has 0 bridgehead atoms. The minimum atomic E-state index is -1.58. The number of Topliss-reactive ketones (excluding diaryl/α,β-unsaturated/α-hetero) is 2. The molecule has 8 heteroatoms. The highest BCUT2D eigenvalue weighted by Gasteiger charge is 2.68. The molecule has 242 valence electrons. The lowest BCUT2D eigenvalue weighted by Crippen LogP contribution is -2.62. The average Bonchev–Trinajstić information content (AvgIpc) is 3.59. The Balaban J connectivity index is 0.000000152. The molecule has 8 rings (SSSR count). The van der Waals surface area contributed by atoms with E-state index in [1.165, 1.54) is 12.1 Å². The SMILES string of the molecule is C[C@]12CC[C@@H](O)C[C@H]1CC[C@@H]1[C@@H]2C(=O)C[C@@]2(C)[C@H]1CC[C@]2(O)C(=O)CO.Fc1ccc2cncc(-c3cc4ccccc4o3)c2c1. The Labute approximate surface area is 267 Å². The second kappa shape index (κ2) is 11.4. The van der Waals surface area contributed by atoms with Gasteiger partial charge in [-0.25, -0.2) is 4.39 Å². The molecule has 0 spiro atoms. The summed E-state index contributed by atoms with van der Waals surface area (Å²) in [6.07, 6.45) is 8.90. The first-order valence-electron chi connectivity index (χ1n) is 16.6. The maximum atomic E-state index is 13.5. The number of rotatable bonds is 3. The Morgan fingerprint density at radius 1 is 1.02 bits per heavy atom. The van der Waals surface area contributed by atoms with Crippen LogP contribution in [0.3, 0.4) is 0 Å². The van der Waals surface area contributed by atoms with Gasteiger partial charge in [-0.15, -0.1) is 0 Å². The first-order chi connectivity index (χ1) is 22.0. The van der Waals surface area contributed by atoms with Crippen molar-refractivity contribution >= 4 is 33.3 Å². The quantitative estimate of drug-likeness (QED) is 0.233. The van der Waals surface area contributed by atoms with E-state index in [9.17, 15) is 29.3 Å². The maximum Gasteiger partial charge on any atom is 0.190 e. The number of aliphatic hydroxyl groups is 3. The summed E-state index contributed by atoms with van der Waals surface area (Å²) in [7, 11) is 0.